The van der Waals surface area contributed by atoms with E-state index in [1.54, 1.807) is 0 Å². The van der Waals surface area contributed by atoms with Crippen molar-refractivity contribution in [3.63, 3.8) is 0 Å². The number of pyridine rings is 2. The van der Waals surface area contributed by atoms with Gasteiger partial charge in [0.05, 0.1) is 44.5 Å². The largest absolute Gasteiger partial charge is 0.455 e. The van der Waals surface area contributed by atoms with Gasteiger partial charge in [-0.1, -0.05) is 339 Å². The Morgan fingerprint density at radius 2 is 0.677 bits per heavy atom. The van der Waals surface area contributed by atoms with Crippen LogP contribution < -0.4 is 0 Å². The van der Waals surface area contributed by atoms with E-state index >= 15 is 0 Å². The van der Waals surface area contributed by atoms with E-state index in [4.69, 9.17) is 29.3 Å². The van der Waals surface area contributed by atoms with Crippen molar-refractivity contribution in [1.82, 2.24) is 43.6 Å². The Kier molecular flexibility index (Phi) is 19.7. The third-order valence-corrected chi connectivity index (χ3v) is 26.0. The molecule has 626 valence electrons. The molecule has 0 saturated heterocycles. The van der Waals surface area contributed by atoms with Crippen LogP contribution in [0.15, 0.2) is 454 Å². The Labute approximate surface area is 767 Å². The molecule has 10 heteroatoms. The average Bonchev–Trinajstić information content (AvgIpc) is 1.60. The normalized spacial score (nSPS) is 11.6. The highest BCUT2D eigenvalue weighted by molar-refractivity contribution is 6.21. The standard InChI is InChI=1S/C45H32N4.C39H27N3.C39H24N2O/c1-29-21-30(2)23-36(22-29)34-16-18-43-41(26-34)40-17-15-32-11-6-7-14-39(32)44(40)49(43)45-47-20-19-42(48-45)35-13-8-12-33(24-35)38-25-37(27-46-28-38)31-9-4-3-5-10-31;1-26-24-29(27-10-3-2-4-11-27)19-20-32(26)30-13-9-14-31(25-30)36-22-23-40-39(41-36)42-37-17-8-7-16-34(37)35-21-18-28-12-5-6-15-33(28)38(35)42;1-2-10-27-23-36-34(22-26(27)9-1)31-13-3-5-17-35(31)41(36)38-20-19-29(24-40-38)25-11-7-12-28(21-25)30-15-8-16-33-32-14-4-6-18-37(32)42-39(30)33/h3-28H,1-2H3;2-25H,1H3;1-24H. The van der Waals surface area contributed by atoms with Crippen molar-refractivity contribution in [3.05, 3.63) is 466 Å². The summed E-state index contributed by atoms with van der Waals surface area (Å²) in [5, 5.41) is 16.7. The molecule has 0 amide bonds. The number of aromatic nitrogens is 9. The first kappa shape index (κ1) is 78.8. The van der Waals surface area contributed by atoms with Gasteiger partial charge < -0.3 is 4.42 Å². The number of nitrogens with zero attached hydrogens (tertiary/aromatic N) is 9. The zero-order chi connectivity index (χ0) is 88.6. The molecule has 0 aliphatic carbocycles. The first-order chi connectivity index (χ1) is 65.6. The summed E-state index contributed by atoms with van der Waals surface area (Å²) in [6.45, 7) is 6.50. The molecule has 18 aromatic carbocycles. The van der Waals surface area contributed by atoms with Gasteiger partial charge in [0.2, 0.25) is 11.9 Å². The number of hydrogen-bond acceptors (Lipinski definition) is 7. The van der Waals surface area contributed by atoms with Crippen LogP contribution in [0, 0.1) is 20.8 Å². The highest BCUT2D eigenvalue weighted by Gasteiger charge is 2.23. The Morgan fingerprint density at radius 3 is 1.32 bits per heavy atom. The van der Waals surface area contributed by atoms with Crippen molar-refractivity contribution in [2.24, 2.45) is 0 Å². The van der Waals surface area contributed by atoms with Gasteiger partial charge >= 0.3 is 0 Å². The highest BCUT2D eigenvalue weighted by Crippen LogP contribution is 2.44. The lowest BCUT2D eigenvalue weighted by Crippen LogP contribution is -2.02. The van der Waals surface area contributed by atoms with Crippen LogP contribution in [0.25, 0.3) is 238 Å². The SMILES string of the molecule is Cc1cc(-c2ccccc2)ccc1-c1cccc(-c2ccnc(-n3c4ccccc4c4ccc5ccccc5c43)n2)c1.Cc1cc(C)cc(-c2ccc3c(c2)c2ccc4ccccc4c2n3-c2nccc(-c3cccc(-c4cncc(-c5ccccc5)c4)c3)n2)c1.c1cc(-c2ccc(-n3c4ccccc4c4cc5ccccc5cc43)nc2)cc(-c2cccc3c2oc2ccccc23)c1. The fourth-order valence-corrected chi connectivity index (χ4v) is 19.8. The Balaban J connectivity index is 0.000000110. The maximum atomic E-state index is 6.32. The maximum absolute atomic E-state index is 6.32. The van der Waals surface area contributed by atoms with E-state index in [0.717, 1.165) is 128 Å². The molecule has 0 radical (unpaired) electrons. The molecule has 8 heterocycles. The summed E-state index contributed by atoms with van der Waals surface area (Å²) < 4.78 is 13.1. The third-order valence-electron chi connectivity index (χ3n) is 26.0. The molecular weight excluding hydrogens is 1620 g/mol. The second-order valence-corrected chi connectivity index (χ2v) is 34.4. The lowest BCUT2D eigenvalue weighted by Gasteiger charge is -2.12. The Hall–Kier alpha value is -17.6. The second kappa shape index (κ2) is 33.2. The summed E-state index contributed by atoms with van der Waals surface area (Å²) in [7, 11) is 0. The zero-order valence-electron chi connectivity index (χ0n) is 73.2. The lowest BCUT2D eigenvalue weighted by atomic mass is 9.94. The van der Waals surface area contributed by atoms with E-state index in [1.165, 1.54) is 115 Å². The van der Waals surface area contributed by atoms with Crippen molar-refractivity contribution >= 4 is 120 Å². The van der Waals surface area contributed by atoms with Crippen LogP contribution in [0.2, 0.25) is 0 Å². The van der Waals surface area contributed by atoms with Gasteiger partial charge in [-0.3, -0.25) is 18.7 Å². The first-order valence-electron chi connectivity index (χ1n) is 45.1. The molecule has 0 saturated carbocycles. The van der Waals surface area contributed by atoms with Gasteiger partial charge in [0.15, 0.2) is 0 Å². The summed E-state index contributed by atoms with van der Waals surface area (Å²) >= 11 is 0. The summed E-state index contributed by atoms with van der Waals surface area (Å²) in [6, 6.07) is 148. The second-order valence-electron chi connectivity index (χ2n) is 34.4. The fourth-order valence-electron chi connectivity index (χ4n) is 19.8. The number of aryl methyl sites for hydroxylation is 3. The summed E-state index contributed by atoms with van der Waals surface area (Å²) in [6.07, 6.45) is 9.56. The minimum absolute atomic E-state index is 0.645. The summed E-state index contributed by atoms with van der Waals surface area (Å²) in [5.74, 6) is 2.22. The molecule has 10 nitrogen and oxygen atoms in total. The van der Waals surface area contributed by atoms with Gasteiger partial charge in [0, 0.05) is 118 Å². The van der Waals surface area contributed by atoms with E-state index < -0.39 is 0 Å². The quantitative estimate of drug-likeness (QED) is 0.120. The first-order valence-corrected chi connectivity index (χ1v) is 45.1. The maximum Gasteiger partial charge on any atom is 0.235 e. The Morgan fingerprint density at radius 1 is 0.226 bits per heavy atom. The molecule has 0 fully saturated rings. The average molecular weight is 1700 g/mol. The van der Waals surface area contributed by atoms with Gasteiger partial charge in [0.25, 0.3) is 0 Å². The van der Waals surface area contributed by atoms with Crippen LogP contribution in [-0.2, 0) is 0 Å². The van der Waals surface area contributed by atoms with E-state index in [2.05, 4.69) is 428 Å². The topological polar surface area (TPSA) is 105 Å². The minimum Gasteiger partial charge on any atom is -0.455 e. The molecule has 8 aromatic heterocycles. The van der Waals surface area contributed by atoms with Crippen molar-refractivity contribution in [3.8, 4) is 118 Å². The molecule has 0 aliphatic heterocycles. The van der Waals surface area contributed by atoms with Crippen LogP contribution >= 0.6 is 0 Å². The fraction of sp³-hybridized carbons (Fsp3) is 0.0244. The molecule has 26 rings (SSSR count). The van der Waals surface area contributed by atoms with Crippen LogP contribution in [0.3, 0.4) is 0 Å². The predicted molar refractivity (Wildman–Crippen MR) is 552 cm³/mol. The molecule has 0 unspecified atom stereocenters. The van der Waals surface area contributed by atoms with Gasteiger partial charge in [-0.2, -0.15) is 0 Å². The van der Waals surface area contributed by atoms with E-state index in [9.17, 15) is 0 Å². The van der Waals surface area contributed by atoms with E-state index in [1.807, 2.05) is 61.3 Å². The Bertz CT molecular complexity index is 9060. The molecule has 0 atom stereocenters. The predicted octanol–water partition coefficient (Wildman–Crippen LogP) is 32.0. The third kappa shape index (κ3) is 14.4. The number of benzene rings is 18. The zero-order valence-corrected chi connectivity index (χ0v) is 73.2. The van der Waals surface area contributed by atoms with Crippen molar-refractivity contribution in [2.45, 2.75) is 20.8 Å². The molecule has 0 N–H and O–H groups in total. The highest BCUT2D eigenvalue weighted by atomic mass is 16.3. The number of rotatable bonds is 12. The lowest BCUT2D eigenvalue weighted by molar-refractivity contribution is 0.670. The van der Waals surface area contributed by atoms with E-state index in [-0.39, 0.29) is 0 Å². The number of fused-ring (bicyclic) bond motifs is 17. The number of furan rings is 1. The van der Waals surface area contributed by atoms with Gasteiger partial charge in [-0.25, -0.2) is 24.9 Å². The van der Waals surface area contributed by atoms with Gasteiger partial charge in [-0.15, -0.1) is 0 Å². The van der Waals surface area contributed by atoms with Crippen LogP contribution in [0.5, 0.6) is 0 Å². The molecule has 0 spiro atoms. The van der Waals surface area contributed by atoms with Crippen LogP contribution in [0.1, 0.15) is 16.7 Å². The summed E-state index contributed by atoms with van der Waals surface area (Å²) in [5.41, 5.74) is 32.2. The number of para-hydroxylation sites is 4. The van der Waals surface area contributed by atoms with E-state index in [0.29, 0.717) is 11.9 Å². The smallest absolute Gasteiger partial charge is 0.235 e. The van der Waals surface area contributed by atoms with Crippen molar-refractivity contribution in [2.75, 3.05) is 0 Å². The van der Waals surface area contributed by atoms with Gasteiger partial charge in [-0.05, 0) is 195 Å². The molecular formula is C123H83N9O. The van der Waals surface area contributed by atoms with Crippen LogP contribution in [0.4, 0.5) is 0 Å². The molecule has 0 aliphatic rings. The summed E-state index contributed by atoms with van der Waals surface area (Å²) in [4.78, 5) is 29.7. The van der Waals surface area contributed by atoms with Gasteiger partial charge in [0.1, 0.15) is 17.0 Å². The van der Waals surface area contributed by atoms with Crippen LogP contribution in [-0.4, -0.2) is 43.6 Å². The monoisotopic (exact) mass is 1700 g/mol. The van der Waals surface area contributed by atoms with Crippen molar-refractivity contribution < 1.29 is 4.42 Å². The van der Waals surface area contributed by atoms with Crippen molar-refractivity contribution in [1.29, 1.82) is 0 Å². The number of hydrogen-bond donors (Lipinski definition) is 0. The minimum atomic E-state index is 0.645. The molecule has 0 bridgehead atoms. The molecule has 133 heavy (non-hydrogen) atoms. The molecule has 26 aromatic rings.